The highest BCUT2D eigenvalue weighted by molar-refractivity contribution is 9.11. The normalized spacial score (nSPS) is 16.3. The van der Waals surface area contributed by atoms with E-state index in [1.807, 2.05) is 25.1 Å². The van der Waals surface area contributed by atoms with E-state index < -0.39 is 0 Å². The number of hydrogen-bond acceptors (Lipinski definition) is 4. The smallest absolute Gasteiger partial charge is 0.266 e. The van der Waals surface area contributed by atoms with E-state index in [1.54, 1.807) is 4.90 Å². The molecule has 1 aromatic carbocycles. The van der Waals surface area contributed by atoms with Crippen LogP contribution in [0.5, 0.6) is 5.75 Å². The number of hydrogen-bond donors (Lipinski definition) is 0. The predicted octanol–water partition coefficient (Wildman–Crippen LogP) is 4.44. The molecule has 0 unspecified atom stereocenters. The second kappa shape index (κ2) is 7.64. The third-order valence-corrected chi connectivity index (χ3v) is 5.36. The number of carbonyl (C=O) groups excluding carboxylic acids is 1. The molecule has 3 nitrogen and oxygen atoms in total. The largest absolute Gasteiger partial charge is 0.479 e. The van der Waals surface area contributed by atoms with E-state index in [-0.39, 0.29) is 12.5 Å². The van der Waals surface area contributed by atoms with Gasteiger partial charge >= 0.3 is 0 Å². The molecular formula is C15H11Br2NO2S2. The summed E-state index contributed by atoms with van der Waals surface area (Å²) in [6, 6.07) is 3.74. The molecule has 0 atom stereocenters. The Morgan fingerprint density at radius 2 is 2.09 bits per heavy atom. The molecule has 114 valence electrons. The minimum absolute atomic E-state index is 0.0580. The molecule has 0 spiro atoms. The van der Waals surface area contributed by atoms with Crippen molar-refractivity contribution in [3.05, 3.63) is 31.5 Å². The molecule has 1 saturated heterocycles. The lowest BCUT2D eigenvalue weighted by Crippen LogP contribution is -2.27. The van der Waals surface area contributed by atoms with E-state index in [1.165, 1.54) is 11.8 Å². The minimum atomic E-state index is -0.0580. The monoisotopic (exact) mass is 459 g/mol. The zero-order chi connectivity index (χ0) is 16.3. The van der Waals surface area contributed by atoms with Gasteiger partial charge in [-0.3, -0.25) is 9.69 Å². The molecule has 1 amide bonds. The number of benzene rings is 1. The number of thiocarbonyl (C=S) groups is 1. The van der Waals surface area contributed by atoms with Gasteiger partial charge < -0.3 is 4.74 Å². The van der Waals surface area contributed by atoms with Gasteiger partial charge in [-0.1, -0.05) is 29.9 Å². The lowest BCUT2D eigenvalue weighted by Gasteiger charge is -2.10. The highest BCUT2D eigenvalue weighted by Crippen LogP contribution is 2.37. The van der Waals surface area contributed by atoms with Crippen LogP contribution in [0.15, 0.2) is 26.0 Å². The van der Waals surface area contributed by atoms with Gasteiger partial charge in [-0.2, -0.15) is 0 Å². The van der Waals surface area contributed by atoms with Gasteiger partial charge in [0.25, 0.3) is 5.91 Å². The van der Waals surface area contributed by atoms with E-state index in [9.17, 15) is 4.79 Å². The second-order valence-electron chi connectivity index (χ2n) is 4.23. The van der Waals surface area contributed by atoms with Crippen molar-refractivity contribution in [2.45, 2.75) is 6.92 Å². The Bertz CT molecular complexity index is 687. The summed E-state index contributed by atoms with van der Waals surface area (Å²) in [4.78, 5) is 14.4. The number of rotatable bonds is 4. The van der Waals surface area contributed by atoms with Crippen LogP contribution in [0.3, 0.4) is 0 Å². The number of nitrogens with zero attached hydrogens (tertiary/aromatic N) is 1. The summed E-state index contributed by atoms with van der Waals surface area (Å²) >= 11 is 13.4. The Kier molecular flexibility index (Phi) is 6.09. The van der Waals surface area contributed by atoms with Crippen LogP contribution in [0.4, 0.5) is 0 Å². The molecule has 0 bridgehead atoms. The molecule has 0 aromatic heterocycles. The number of terminal acetylenes is 1. The van der Waals surface area contributed by atoms with Crippen molar-refractivity contribution in [3.63, 3.8) is 0 Å². The van der Waals surface area contributed by atoms with E-state index in [4.69, 9.17) is 23.4 Å². The third kappa shape index (κ3) is 3.74. The summed E-state index contributed by atoms with van der Waals surface area (Å²) in [6.07, 6.45) is 7.01. The molecule has 1 aromatic rings. The lowest BCUT2D eigenvalue weighted by molar-refractivity contribution is -0.121. The van der Waals surface area contributed by atoms with Crippen molar-refractivity contribution >= 4 is 72.1 Å². The fraction of sp³-hybridized carbons (Fsp3) is 0.200. The van der Waals surface area contributed by atoms with Crippen LogP contribution in [0.25, 0.3) is 6.08 Å². The van der Waals surface area contributed by atoms with Crippen molar-refractivity contribution in [2.75, 3.05) is 13.2 Å². The fourth-order valence-corrected chi connectivity index (χ4v) is 4.67. The summed E-state index contributed by atoms with van der Waals surface area (Å²) in [5.41, 5.74) is 0.864. The number of halogens is 2. The molecular weight excluding hydrogens is 450 g/mol. The fourth-order valence-electron chi connectivity index (χ4n) is 1.84. The highest BCUT2D eigenvalue weighted by atomic mass is 79.9. The number of amides is 1. The standard InChI is InChI=1S/C15H11Br2NO2S2/c1-3-5-20-13-10(16)6-9(7-11(13)17)8-12-14(19)18(4-2)15(21)22-12/h1,6-8H,4-5H2,2H3/b12-8-. The van der Waals surface area contributed by atoms with Crippen LogP contribution in [0.1, 0.15) is 12.5 Å². The maximum absolute atomic E-state index is 12.2. The van der Waals surface area contributed by atoms with Crippen LogP contribution < -0.4 is 4.74 Å². The molecule has 2 rings (SSSR count). The zero-order valence-corrected chi connectivity index (χ0v) is 16.4. The number of likely N-dealkylation sites (N-methyl/N-ethyl adjacent to an activating group) is 1. The molecule has 22 heavy (non-hydrogen) atoms. The lowest BCUT2D eigenvalue weighted by atomic mass is 10.2. The number of carbonyl (C=O) groups is 1. The molecule has 1 aliphatic heterocycles. The Morgan fingerprint density at radius 1 is 1.45 bits per heavy atom. The van der Waals surface area contributed by atoms with Gasteiger partial charge in [-0.15, -0.1) is 6.42 Å². The van der Waals surface area contributed by atoms with Gasteiger partial charge in [0.2, 0.25) is 0 Å². The van der Waals surface area contributed by atoms with Crippen LogP contribution >= 0.6 is 55.8 Å². The van der Waals surface area contributed by atoms with Gasteiger partial charge in [0.1, 0.15) is 16.7 Å². The van der Waals surface area contributed by atoms with E-state index in [0.29, 0.717) is 21.5 Å². The van der Waals surface area contributed by atoms with Crippen LogP contribution in [-0.4, -0.2) is 28.3 Å². The summed E-state index contributed by atoms with van der Waals surface area (Å²) in [5.74, 6) is 3.00. The second-order valence-corrected chi connectivity index (χ2v) is 7.62. The molecule has 1 fully saturated rings. The summed E-state index contributed by atoms with van der Waals surface area (Å²) in [7, 11) is 0. The molecule has 1 aliphatic rings. The zero-order valence-electron chi connectivity index (χ0n) is 11.6. The first-order chi connectivity index (χ1) is 10.5. The Morgan fingerprint density at radius 3 is 2.59 bits per heavy atom. The summed E-state index contributed by atoms with van der Waals surface area (Å²) < 4.78 is 7.57. The summed E-state index contributed by atoms with van der Waals surface area (Å²) in [5, 5.41) is 0. The average molecular weight is 461 g/mol. The Labute approximate surface area is 155 Å². The van der Waals surface area contributed by atoms with Crippen LogP contribution in [0.2, 0.25) is 0 Å². The SMILES string of the molecule is C#CCOc1c(Br)cc(/C=C2\SC(=S)N(CC)C2=O)cc1Br. The third-order valence-electron chi connectivity index (χ3n) is 2.81. The molecule has 0 N–H and O–H groups in total. The van der Waals surface area contributed by atoms with E-state index in [2.05, 4.69) is 37.8 Å². The topological polar surface area (TPSA) is 29.5 Å². The highest BCUT2D eigenvalue weighted by Gasteiger charge is 2.30. The predicted molar refractivity (Wildman–Crippen MR) is 102 cm³/mol. The number of ether oxygens (including phenoxy) is 1. The first-order valence-corrected chi connectivity index (χ1v) is 9.09. The minimum Gasteiger partial charge on any atom is -0.479 e. The van der Waals surface area contributed by atoms with Crippen molar-refractivity contribution < 1.29 is 9.53 Å². The molecule has 7 heteroatoms. The van der Waals surface area contributed by atoms with Crippen molar-refractivity contribution in [1.82, 2.24) is 4.90 Å². The van der Waals surface area contributed by atoms with Gasteiger partial charge in [0, 0.05) is 6.54 Å². The van der Waals surface area contributed by atoms with E-state index in [0.717, 1.165) is 14.5 Å². The van der Waals surface area contributed by atoms with Crippen molar-refractivity contribution in [3.8, 4) is 18.1 Å². The van der Waals surface area contributed by atoms with Gasteiger partial charge in [0.05, 0.1) is 13.9 Å². The van der Waals surface area contributed by atoms with Gasteiger partial charge in [-0.25, -0.2) is 0 Å². The average Bonchev–Trinajstić information content (AvgIpc) is 2.72. The van der Waals surface area contributed by atoms with Crippen LogP contribution in [-0.2, 0) is 4.79 Å². The first-order valence-electron chi connectivity index (χ1n) is 6.28. The Hall–Kier alpha value is -0.810. The molecule has 0 aliphatic carbocycles. The maximum Gasteiger partial charge on any atom is 0.266 e. The van der Waals surface area contributed by atoms with Crippen LogP contribution in [0, 0.1) is 12.3 Å². The summed E-state index contributed by atoms with van der Waals surface area (Å²) in [6.45, 7) is 2.67. The van der Waals surface area contributed by atoms with E-state index >= 15 is 0 Å². The number of thioether (sulfide) groups is 1. The van der Waals surface area contributed by atoms with Gasteiger partial charge in [0.15, 0.2) is 0 Å². The molecule has 0 radical (unpaired) electrons. The Balaban J connectivity index is 2.32. The van der Waals surface area contributed by atoms with Gasteiger partial charge in [-0.05, 0) is 62.6 Å². The molecule has 0 saturated carbocycles. The maximum atomic E-state index is 12.2. The molecule has 1 heterocycles. The first kappa shape index (κ1) is 17.5. The van der Waals surface area contributed by atoms with Crippen molar-refractivity contribution in [1.29, 1.82) is 0 Å². The quantitative estimate of drug-likeness (QED) is 0.377. The van der Waals surface area contributed by atoms with Crippen molar-refractivity contribution in [2.24, 2.45) is 0 Å².